The number of carboxylic acids is 1. The van der Waals surface area contributed by atoms with Crippen LogP contribution in [-0.4, -0.2) is 17.2 Å². The molecular weight excluding hydrogens is 218 g/mol. The molecule has 0 spiro atoms. The van der Waals surface area contributed by atoms with E-state index in [1.54, 1.807) is 0 Å². The Hall–Kier alpha value is -1.73. The van der Waals surface area contributed by atoms with Gasteiger partial charge in [0.05, 0.1) is 16.7 Å². The van der Waals surface area contributed by atoms with Crippen LogP contribution in [0.5, 0.6) is 5.75 Å². The molecule has 1 N–H and O–H groups in total. The molecule has 1 rings (SSSR count). The van der Waals surface area contributed by atoms with Gasteiger partial charge < -0.3 is 9.84 Å². The summed E-state index contributed by atoms with van der Waals surface area (Å²) < 4.78 is 5.07. The maximum absolute atomic E-state index is 10.5. The second-order valence-corrected chi connectivity index (χ2v) is 3.26. The molecule has 0 bridgehead atoms. The van der Waals surface area contributed by atoms with Gasteiger partial charge in [-0.3, -0.25) is 0 Å². The van der Waals surface area contributed by atoms with Gasteiger partial charge >= 0.3 is 5.97 Å². The van der Waals surface area contributed by atoms with E-state index in [9.17, 15) is 4.79 Å². The van der Waals surface area contributed by atoms with Gasteiger partial charge in [0.15, 0.2) is 6.10 Å². The minimum Gasteiger partial charge on any atom is -0.479 e. The average Bonchev–Trinajstić information content (AvgIpc) is 2.20. The van der Waals surface area contributed by atoms with Crippen LogP contribution in [0.2, 0.25) is 5.02 Å². The summed E-state index contributed by atoms with van der Waals surface area (Å²) in [5, 5.41) is 17.4. The van der Waals surface area contributed by atoms with Crippen LogP contribution in [0.15, 0.2) is 18.2 Å². The normalized spacial score (nSPS) is 11.5. The number of rotatable bonds is 3. The summed E-state index contributed by atoms with van der Waals surface area (Å²) in [5.41, 5.74) is 0.398. The molecule has 0 heterocycles. The van der Waals surface area contributed by atoms with Crippen molar-refractivity contribution in [2.45, 2.75) is 13.0 Å². The van der Waals surface area contributed by atoms with Crippen molar-refractivity contribution in [3.05, 3.63) is 28.8 Å². The number of aliphatic carboxylic acids is 1. The summed E-state index contributed by atoms with van der Waals surface area (Å²) >= 11 is 5.79. The van der Waals surface area contributed by atoms with Gasteiger partial charge in [-0.05, 0) is 25.1 Å². The molecule has 0 aliphatic rings. The molecule has 0 aromatic heterocycles. The van der Waals surface area contributed by atoms with Crippen LogP contribution < -0.4 is 4.74 Å². The number of hydrogen-bond donors (Lipinski definition) is 1. The second-order valence-electron chi connectivity index (χ2n) is 2.86. The van der Waals surface area contributed by atoms with E-state index in [1.807, 2.05) is 6.07 Å². The summed E-state index contributed by atoms with van der Waals surface area (Å²) in [6, 6.07) is 6.32. The number of carbonyl (C=O) groups is 1. The first-order valence-electron chi connectivity index (χ1n) is 4.13. The van der Waals surface area contributed by atoms with E-state index >= 15 is 0 Å². The number of carboxylic acid groups (broad SMARTS) is 1. The quantitative estimate of drug-likeness (QED) is 0.855. The number of hydrogen-bond acceptors (Lipinski definition) is 3. The molecule has 0 aliphatic carbocycles. The number of nitrogens with zero attached hydrogens (tertiary/aromatic N) is 1. The number of ether oxygens (including phenoxy) is 1. The molecule has 0 amide bonds. The molecule has 1 atom stereocenters. The van der Waals surface area contributed by atoms with E-state index in [0.717, 1.165) is 0 Å². The zero-order valence-corrected chi connectivity index (χ0v) is 8.65. The third kappa shape index (κ3) is 2.86. The van der Waals surface area contributed by atoms with E-state index in [1.165, 1.54) is 25.1 Å². The van der Waals surface area contributed by atoms with Crippen LogP contribution >= 0.6 is 11.6 Å². The number of halogens is 1. The Morgan fingerprint density at radius 2 is 2.33 bits per heavy atom. The third-order valence-electron chi connectivity index (χ3n) is 1.71. The first-order chi connectivity index (χ1) is 7.04. The smallest absolute Gasteiger partial charge is 0.344 e. The topological polar surface area (TPSA) is 70.3 Å². The molecule has 0 unspecified atom stereocenters. The SMILES string of the molecule is C[C@H](Oc1ccc(C#N)cc1Cl)C(=O)O. The zero-order valence-electron chi connectivity index (χ0n) is 7.90. The summed E-state index contributed by atoms with van der Waals surface area (Å²) in [5.74, 6) is -0.819. The second kappa shape index (κ2) is 4.67. The lowest BCUT2D eigenvalue weighted by atomic mass is 10.2. The Morgan fingerprint density at radius 1 is 1.67 bits per heavy atom. The maximum atomic E-state index is 10.5. The van der Waals surface area contributed by atoms with Gasteiger partial charge in [-0.25, -0.2) is 4.79 Å². The molecule has 15 heavy (non-hydrogen) atoms. The maximum Gasteiger partial charge on any atom is 0.344 e. The minimum absolute atomic E-state index is 0.224. The van der Waals surface area contributed by atoms with E-state index in [-0.39, 0.29) is 10.8 Å². The summed E-state index contributed by atoms with van der Waals surface area (Å²) in [6.07, 6.45) is -0.976. The van der Waals surface area contributed by atoms with Crippen LogP contribution in [0.4, 0.5) is 0 Å². The Balaban J connectivity index is 2.88. The summed E-state index contributed by atoms with van der Waals surface area (Å²) in [4.78, 5) is 10.5. The van der Waals surface area contributed by atoms with E-state index in [4.69, 9.17) is 26.7 Å². The fourth-order valence-electron chi connectivity index (χ4n) is 0.907. The van der Waals surface area contributed by atoms with Crippen molar-refractivity contribution in [1.82, 2.24) is 0 Å². The molecule has 78 valence electrons. The Kier molecular flexibility index (Phi) is 3.53. The molecule has 4 nitrogen and oxygen atoms in total. The van der Waals surface area contributed by atoms with E-state index in [0.29, 0.717) is 5.56 Å². The van der Waals surface area contributed by atoms with Crippen LogP contribution in [0.25, 0.3) is 0 Å². The highest BCUT2D eigenvalue weighted by Gasteiger charge is 2.14. The van der Waals surface area contributed by atoms with Gasteiger partial charge in [0.2, 0.25) is 0 Å². The highest BCUT2D eigenvalue weighted by atomic mass is 35.5. The predicted molar refractivity (Wildman–Crippen MR) is 53.9 cm³/mol. The molecule has 0 saturated carbocycles. The number of benzene rings is 1. The fraction of sp³-hybridized carbons (Fsp3) is 0.200. The molecule has 0 saturated heterocycles. The van der Waals surface area contributed by atoms with Gasteiger partial charge in [0, 0.05) is 0 Å². The molecule has 1 aromatic rings. The number of nitriles is 1. The standard InChI is InChI=1S/C10H8ClNO3/c1-6(10(13)14)15-9-3-2-7(5-12)4-8(9)11/h2-4,6H,1H3,(H,13,14)/t6-/m0/s1. The fourth-order valence-corrected chi connectivity index (χ4v) is 1.13. The van der Waals surface area contributed by atoms with Gasteiger partial charge in [-0.15, -0.1) is 0 Å². The highest BCUT2D eigenvalue weighted by molar-refractivity contribution is 6.32. The van der Waals surface area contributed by atoms with Crippen molar-refractivity contribution in [1.29, 1.82) is 5.26 Å². The Bertz CT molecular complexity index is 425. The summed E-state index contributed by atoms with van der Waals surface area (Å²) in [6.45, 7) is 1.40. The first kappa shape index (κ1) is 11.3. The van der Waals surface area contributed by atoms with Crippen molar-refractivity contribution in [3.8, 4) is 11.8 Å². The van der Waals surface area contributed by atoms with E-state index in [2.05, 4.69) is 0 Å². The predicted octanol–water partition coefficient (Wildman–Crippen LogP) is 2.06. The lowest BCUT2D eigenvalue weighted by Gasteiger charge is -2.11. The van der Waals surface area contributed by atoms with Gasteiger partial charge in [-0.1, -0.05) is 11.6 Å². The van der Waals surface area contributed by atoms with Gasteiger partial charge in [0.25, 0.3) is 0 Å². The zero-order chi connectivity index (χ0) is 11.4. The lowest BCUT2D eigenvalue weighted by Crippen LogP contribution is -2.22. The van der Waals surface area contributed by atoms with Gasteiger partial charge in [-0.2, -0.15) is 5.26 Å². The van der Waals surface area contributed by atoms with Gasteiger partial charge in [0.1, 0.15) is 5.75 Å². The monoisotopic (exact) mass is 225 g/mol. The van der Waals surface area contributed by atoms with Crippen molar-refractivity contribution in [3.63, 3.8) is 0 Å². The summed E-state index contributed by atoms with van der Waals surface area (Å²) in [7, 11) is 0. The van der Waals surface area contributed by atoms with E-state index < -0.39 is 12.1 Å². The molecular formula is C10H8ClNO3. The first-order valence-corrected chi connectivity index (χ1v) is 4.51. The van der Waals surface area contributed by atoms with Crippen LogP contribution in [0.1, 0.15) is 12.5 Å². The lowest BCUT2D eigenvalue weighted by molar-refractivity contribution is -0.144. The Labute approximate surface area is 91.7 Å². The van der Waals surface area contributed by atoms with Crippen LogP contribution in [0.3, 0.4) is 0 Å². The van der Waals surface area contributed by atoms with Crippen LogP contribution in [-0.2, 0) is 4.79 Å². The van der Waals surface area contributed by atoms with Crippen molar-refractivity contribution < 1.29 is 14.6 Å². The van der Waals surface area contributed by atoms with Crippen molar-refractivity contribution in [2.24, 2.45) is 0 Å². The highest BCUT2D eigenvalue weighted by Crippen LogP contribution is 2.26. The third-order valence-corrected chi connectivity index (χ3v) is 2.01. The van der Waals surface area contributed by atoms with Crippen molar-refractivity contribution >= 4 is 17.6 Å². The molecule has 1 aromatic carbocycles. The minimum atomic E-state index is -1.07. The molecule has 0 radical (unpaired) electrons. The van der Waals surface area contributed by atoms with Crippen LogP contribution in [0, 0.1) is 11.3 Å². The Morgan fingerprint density at radius 3 is 2.80 bits per heavy atom. The largest absolute Gasteiger partial charge is 0.479 e. The molecule has 0 aliphatic heterocycles. The van der Waals surface area contributed by atoms with Crippen molar-refractivity contribution in [2.75, 3.05) is 0 Å². The molecule has 5 heteroatoms. The molecule has 0 fully saturated rings. The average molecular weight is 226 g/mol.